The highest BCUT2D eigenvalue weighted by Gasteiger charge is 2.47. The maximum absolute atomic E-state index is 13.7. The SMILES string of the molecule is Cc1ccc(N2C(=O)C(=O)/C(=C(/O)c3ccc(OCC(C)C)cc3)C2c2ccc(F)cc2)cc1C. The Morgan fingerprint density at radius 3 is 2.23 bits per heavy atom. The molecule has 4 rings (SSSR count). The van der Waals surface area contributed by atoms with Gasteiger partial charge in [0.15, 0.2) is 0 Å². The first-order valence-corrected chi connectivity index (χ1v) is 11.5. The summed E-state index contributed by atoms with van der Waals surface area (Å²) in [6.07, 6.45) is 0. The topological polar surface area (TPSA) is 66.8 Å². The van der Waals surface area contributed by atoms with Crippen LogP contribution in [0.5, 0.6) is 5.75 Å². The Bertz CT molecular complexity index is 1290. The number of carbonyl (C=O) groups excluding carboxylic acids is 2. The Balaban J connectivity index is 1.83. The number of halogens is 1. The molecule has 5 nitrogen and oxygen atoms in total. The second kappa shape index (κ2) is 9.74. The molecule has 1 aliphatic heterocycles. The molecule has 180 valence electrons. The average Bonchev–Trinajstić information content (AvgIpc) is 3.10. The van der Waals surface area contributed by atoms with Crippen molar-refractivity contribution in [2.24, 2.45) is 5.92 Å². The number of hydrogen-bond donors (Lipinski definition) is 1. The highest BCUT2D eigenvalue weighted by atomic mass is 19.1. The minimum Gasteiger partial charge on any atom is -0.507 e. The summed E-state index contributed by atoms with van der Waals surface area (Å²) in [6.45, 7) is 8.52. The lowest BCUT2D eigenvalue weighted by atomic mass is 9.95. The van der Waals surface area contributed by atoms with Gasteiger partial charge in [0.05, 0.1) is 18.2 Å². The predicted molar refractivity (Wildman–Crippen MR) is 134 cm³/mol. The standard InChI is InChI=1S/C29H28FNO4/c1-17(2)16-35-24-13-8-21(9-14-24)27(32)25-26(20-6-10-22(30)11-7-20)31(29(34)28(25)33)23-12-5-18(3)19(4)15-23/h5-15,17,26,32H,16H2,1-4H3/b27-25+. The van der Waals surface area contributed by atoms with Gasteiger partial charge in [0.25, 0.3) is 11.7 Å². The van der Waals surface area contributed by atoms with E-state index in [9.17, 15) is 19.1 Å². The number of amides is 1. The summed E-state index contributed by atoms with van der Waals surface area (Å²) in [4.78, 5) is 27.9. The van der Waals surface area contributed by atoms with E-state index in [4.69, 9.17) is 4.74 Å². The lowest BCUT2D eigenvalue weighted by Gasteiger charge is -2.26. The lowest BCUT2D eigenvalue weighted by Crippen LogP contribution is -2.29. The molecule has 0 aromatic heterocycles. The summed E-state index contributed by atoms with van der Waals surface area (Å²) in [7, 11) is 0. The maximum atomic E-state index is 13.7. The molecule has 1 amide bonds. The third kappa shape index (κ3) is 4.83. The summed E-state index contributed by atoms with van der Waals surface area (Å²) in [5.74, 6) is -1.27. The third-order valence-electron chi connectivity index (χ3n) is 6.11. The fraction of sp³-hybridized carbons (Fsp3) is 0.241. The molecule has 0 radical (unpaired) electrons. The maximum Gasteiger partial charge on any atom is 0.300 e. The number of aliphatic hydroxyl groups is 1. The van der Waals surface area contributed by atoms with Crippen LogP contribution in [-0.4, -0.2) is 23.4 Å². The minimum atomic E-state index is -0.908. The second-order valence-corrected chi connectivity index (χ2v) is 9.22. The Labute approximate surface area is 204 Å². The van der Waals surface area contributed by atoms with Gasteiger partial charge in [-0.1, -0.05) is 32.0 Å². The van der Waals surface area contributed by atoms with Gasteiger partial charge < -0.3 is 9.84 Å². The van der Waals surface area contributed by atoms with Crippen molar-refractivity contribution < 1.29 is 23.8 Å². The Morgan fingerprint density at radius 2 is 1.63 bits per heavy atom. The normalized spacial score (nSPS) is 17.3. The van der Waals surface area contributed by atoms with Gasteiger partial charge in [0.2, 0.25) is 0 Å². The van der Waals surface area contributed by atoms with Gasteiger partial charge >= 0.3 is 0 Å². The molecule has 1 atom stereocenters. The molecule has 1 saturated heterocycles. The molecule has 1 heterocycles. The molecule has 1 N–H and O–H groups in total. The van der Waals surface area contributed by atoms with Crippen molar-refractivity contribution in [2.45, 2.75) is 33.7 Å². The van der Waals surface area contributed by atoms with Crippen LogP contribution in [0.2, 0.25) is 0 Å². The van der Waals surface area contributed by atoms with Gasteiger partial charge in [-0.05, 0) is 85.0 Å². The van der Waals surface area contributed by atoms with Gasteiger partial charge in [-0.3, -0.25) is 14.5 Å². The summed E-state index contributed by atoms with van der Waals surface area (Å²) in [5, 5.41) is 11.2. The van der Waals surface area contributed by atoms with E-state index in [1.807, 2.05) is 39.8 Å². The number of Topliss-reactive ketones (excluding diaryl/α,β-unsaturated/α-hetero) is 1. The van der Waals surface area contributed by atoms with E-state index < -0.39 is 23.5 Å². The minimum absolute atomic E-state index is 0.0457. The van der Waals surface area contributed by atoms with Crippen molar-refractivity contribution >= 4 is 23.1 Å². The Hall–Kier alpha value is -3.93. The monoisotopic (exact) mass is 473 g/mol. The van der Waals surface area contributed by atoms with E-state index >= 15 is 0 Å². The number of aryl methyl sites for hydroxylation is 2. The number of aliphatic hydroxyl groups excluding tert-OH is 1. The quantitative estimate of drug-likeness (QED) is 0.267. The molecular formula is C29H28FNO4. The van der Waals surface area contributed by atoms with Gasteiger partial charge in [-0.2, -0.15) is 0 Å². The number of benzene rings is 3. The molecule has 1 fully saturated rings. The molecule has 3 aromatic carbocycles. The Morgan fingerprint density at radius 1 is 0.971 bits per heavy atom. The zero-order valence-electron chi connectivity index (χ0n) is 20.2. The number of carbonyl (C=O) groups is 2. The van der Waals surface area contributed by atoms with Gasteiger partial charge in [-0.25, -0.2) is 4.39 Å². The van der Waals surface area contributed by atoms with E-state index in [0.29, 0.717) is 35.1 Å². The second-order valence-electron chi connectivity index (χ2n) is 9.22. The largest absolute Gasteiger partial charge is 0.507 e. The van der Waals surface area contributed by atoms with Crippen LogP contribution in [0, 0.1) is 25.6 Å². The van der Waals surface area contributed by atoms with Gasteiger partial charge in [0, 0.05) is 11.3 Å². The van der Waals surface area contributed by atoms with Crippen LogP contribution in [0.1, 0.15) is 42.1 Å². The number of ether oxygens (including phenoxy) is 1. The van der Waals surface area contributed by atoms with Crippen molar-refractivity contribution in [3.63, 3.8) is 0 Å². The molecule has 0 spiro atoms. The fourth-order valence-corrected chi connectivity index (χ4v) is 4.06. The molecule has 0 aliphatic carbocycles. The van der Waals surface area contributed by atoms with Crippen LogP contribution in [0.25, 0.3) is 5.76 Å². The highest BCUT2D eigenvalue weighted by molar-refractivity contribution is 6.51. The summed E-state index contributed by atoms with van der Waals surface area (Å²) >= 11 is 0. The first kappa shape index (κ1) is 24.2. The van der Waals surface area contributed by atoms with Crippen LogP contribution in [0.4, 0.5) is 10.1 Å². The highest BCUT2D eigenvalue weighted by Crippen LogP contribution is 2.42. The van der Waals surface area contributed by atoms with Crippen molar-refractivity contribution in [1.82, 2.24) is 0 Å². The van der Waals surface area contributed by atoms with Crippen LogP contribution < -0.4 is 9.64 Å². The predicted octanol–water partition coefficient (Wildman–Crippen LogP) is 6.10. The zero-order chi connectivity index (χ0) is 25.3. The first-order valence-electron chi connectivity index (χ1n) is 11.5. The molecule has 0 saturated carbocycles. The molecule has 35 heavy (non-hydrogen) atoms. The molecule has 1 aliphatic rings. The van der Waals surface area contributed by atoms with Crippen LogP contribution in [0.15, 0.2) is 72.3 Å². The molecule has 0 bridgehead atoms. The third-order valence-corrected chi connectivity index (χ3v) is 6.11. The zero-order valence-corrected chi connectivity index (χ0v) is 20.2. The summed E-state index contributed by atoms with van der Waals surface area (Å²) in [6, 6.07) is 16.9. The van der Waals surface area contributed by atoms with E-state index in [-0.39, 0.29) is 11.3 Å². The van der Waals surface area contributed by atoms with Crippen molar-refractivity contribution in [2.75, 3.05) is 11.5 Å². The first-order chi connectivity index (χ1) is 16.7. The van der Waals surface area contributed by atoms with Crippen LogP contribution in [0.3, 0.4) is 0 Å². The van der Waals surface area contributed by atoms with E-state index in [2.05, 4.69) is 0 Å². The van der Waals surface area contributed by atoms with Gasteiger partial charge in [0.1, 0.15) is 17.3 Å². The molecule has 6 heteroatoms. The number of ketones is 1. The number of nitrogens with zero attached hydrogens (tertiary/aromatic N) is 1. The van der Waals surface area contributed by atoms with E-state index in [0.717, 1.165) is 11.1 Å². The number of rotatable bonds is 6. The smallest absolute Gasteiger partial charge is 0.300 e. The number of hydrogen-bond acceptors (Lipinski definition) is 4. The average molecular weight is 474 g/mol. The van der Waals surface area contributed by atoms with E-state index in [1.54, 1.807) is 30.3 Å². The fourth-order valence-electron chi connectivity index (χ4n) is 4.06. The molecular weight excluding hydrogens is 445 g/mol. The number of anilines is 1. The molecule has 1 unspecified atom stereocenters. The lowest BCUT2D eigenvalue weighted by molar-refractivity contribution is -0.132. The molecule has 3 aromatic rings. The van der Waals surface area contributed by atoms with Crippen molar-refractivity contribution in [1.29, 1.82) is 0 Å². The van der Waals surface area contributed by atoms with Crippen molar-refractivity contribution in [3.05, 3.63) is 100 Å². The van der Waals surface area contributed by atoms with Gasteiger partial charge in [-0.15, -0.1) is 0 Å². The van der Waals surface area contributed by atoms with E-state index in [1.165, 1.54) is 29.2 Å². The van der Waals surface area contributed by atoms with Crippen LogP contribution >= 0.6 is 0 Å². The Kier molecular flexibility index (Phi) is 6.74. The van der Waals surface area contributed by atoms with Crippen molar-refractivity contribution in [3.8, 4) is 5.75 Å². The summed E-state index contributed by atoms with van der Waals surface area (Å²) in [5.41, 5.74) is 3.38. The van der Waals surface area contributed by atoms with Crippen LogP contribution in [-0.2, 0) is 9.59 Å². The summed E-state index contributed by atoms with van der Waals surface area (Å²) < 4.78 is 19.4.